The fourth-order valence-corrected chi connectivity index (χ4v) is 1.69. The number of carboxylic acids is 1. The standard InChI is InChI=1S/C14H16F3NO4/c1-14(2,3)22-13(21)18(4)11(12(19)20)7-5-9(16)10(17)6-8(7)15/h5-6,11H,1-4H3,(H,19,20). The van der Waals surface area contributed by atoms with Crippen molar-refractivity contribution in [2.75, 3.05) is 7.05 Å². The van der Waals surface area contributed by atoms with Crippen LogP contribution >= 0.6 is 0 Å². The molecule has 0 spiro atoms. The summed E-state index contributed by atoms with van der Waals surface area (Å²) < 4.78 is 44.9. The molecule has 1 unspecified atom stereocenters. The van der Waals surface area contributed by atoms with Crippen molar-refractivity contribution in [2.45, 2.75) is 32.4 Å². The maximum absolute atomic E-state index is 13.8. The van der Waals surface area contributed by atoms with Gasteiger partial charge in [0.05, 0.1) is 0 Å². The number of hydrogen-bond donors (Lipinski definition) is 1. The van der Waals surface area contributed by atoms with Gasteiger partial charge in [-0.05, 0) is 26.8 Å². The summed E-state index contributed by atoms with van der Waals surface area (Å²) >= 11 is 0. The van der Waals surface area contributed by atoms with E-state index in [1.807, 2.05) is 0 Å². The number of amides is 1. The Morgan fingerprint density at radius 1 is 1.14 bits per heavy atom. The zero-order chi connectivity index (χ0) is 17.2. The zero-order valence-corrected chi connectivity index (χ0v) is 12.5. The molecule has 0 radical (unpaired) electrons. The third-order valence-corrected chi connectivity index (χ3v) is 2.64. The van der Waals surface area contributed by atoms with Gasteiger partial charge < -0.3 is 9.84 Å². The molecule has 8 heteroatoms. The molecule has 0 fully saturated rings. The predicted molar refractivity (Wildman–Crippen MR) is 70.7 cm³/mol. The van der Waals surface area contributed by atoms with Gasteiger partial charge >= 0.3 is 12.1 Å². The Hall–Kier alpha value is -2.25. The maximum Gasteiger partial charge on any atom is 0.411 e. The largest absolute Gasteiger partial charge is 0.479 e. The lowest BCUT2D eigenvalue weighted by molar-refractivity contribution is -0.143. The van der Waals surface area contributed by atoms with Crippen molar-refractivity contribution in [3.8, 4) is 0 Å². The van der Waals surface area contributed by atoms with Crippen LogP contribution in [0, 0.1) is 17.5 Å². The van der Waals surface area contributed by atoms with Gasteiger partial charge in [-0.1, -0.05) is 0 Å². The molecule has 1 amide bonds. The van der Waals surface area contributed by atoms with E-state index in [1.54, 1.807) is 20.8 Å². The highest BCUT2D eigenvalue weighted by Gasteiger charge is 2.34. The van der Waals surface area contributed by atoms with Crippen molar-refractivity contribution in [1.29, 1.82) is 0 Å². The number of likely N-dealkylation sites (N-methyl/N-ethyl adjacent to an activating group) is 1. The first-order chi connectivity index (χ1) is 9.94. The Kier molecular flexibility index (Phi) is 5.05. The number of hydrogen-bond acceptors (Lipinski definition) is 3. The van der Waals surface area contributed by atoms with Crippen molar-refractivity contribution in [3.63, 3.8) is 0 Å². The van der Waals surface area contributed by atoms with Crippen LogP contribution in [0.2, 0.25) is 0 Å². The summed E-state index contributed by atoms with van der Waals surface area (Å²) in [7, 11) is 1.06. The molecule has 0 aliphatic heterocycles. The molecule has 0 saturated heterocycles. The first-order valence-electron chi connectivity index (χ1n) is 6.27. The van der Waals surface area contributed by atoms with Gasteiger partial charge in [-0.3, -0.25) is 4.90 Å². The number of aliphatic carboxylic acids is 1. The highest BCUT2D eigenvalue weighted by atomic mass is 19.2. The summed E-state index contributed by atoms with van der Waals surface area (Å²) in [5.41, 5.74) is -1.58. The second-order valence-corrected chi connectivity index (χ2v) is 5.62. The van der Waals surface area contributed by atoms with Gasteiger partial charge in [-0.2, -0.15) is 0 Å². The Morgan fingerprint density at radius 2 is 1.64 bits per heavy atom. The predicted octanol–water partition coefficient (Wildman–Crippen LogP) is 3.10. The molecule has 1 N–H and O–H groups in total. The van der Waals surface area contributed by atoms with Gasteiger partial charge in [0.2, 0.25) is 0 Å². The van der Waals surface area contributed by atoms with Crippen LogP contribution in [0.4, 0.5) is 18.0 Å². The monoisotopic (exact) mass is 319 g/mol. The fraction of sp³-hybridized carbons (Fsp3) is 0.429. The molecule has 1 aromatic carbocycles. The number of carboxylic acid groups (broad SMARTS) is 1. The summed E-state index contributed by atoms with van der Waals surface area (Å²) in [5, 5.41) is 9.20. The number of carbonyl (C=O) groups excluding carboxylic acids is 1. The topological polar surface area (TPSA) is 66.8 Å². The minimum Gasteiger partial charge on any atom is -0.479 e. The van der Waals surface area contributed by atoms with Gasteiger partial charge in [-0.25, -0.2) is 22.8 Å². The molecule has 1 rings (SSSR count). The van der Waals surface area contributed by atoms with Crippen LogP contribution in [-0.2, 0) is 9.53 Å². The van der Waals surface area contributed by atoms with Crippen LogP contribution in [0.15, 0.2) is 12.1 Å². The maximum atomic E-state index is 13.8. The van der Waals surface area contributed by atoms with Crippen LogP contribution < -0.4 is 0 Å². The average Bonchev–Trinajstić information content (AvgIpc) is 2.33. The van der Waals surface area contributed by atoms with Crippen LogP contribution in [0.25, 0.3) is 0 Å². The SMILES string of the molecule is CN(C(=O)OC(C)(C)C)C(C(=O)O)c1cc(F)c(F)cc1F. The summed E-state index contributed by atoms with van der Waals surface area (Å²) in [4.78, 5) is 23.8. The zero-order valence-electron chi connectivity index (χ0n) is 12.5. The Morgan fingerprint density at radius 3 is 2.09 bits per heavy atom. The van der Waals surface area contributed by atoms with E-state index in [0.29, 0.717) is 11.0 Å². The van der Waals surface area contributed by atoms with E-state index in [2.05, 4.69) is 0 Å². The molecule has 0 aliphatic rings. The van der Waals surface area contributed by atoms with E-state index in [-0.39, 0.29) is 6.07 Å². The smallest absolute Gasteiger partial charge is 0.411 e. The fourth-order valence-electron chi connectivity index (χ4n) is 1.69. The lowest BCUT2D eigenvalue weighted by atomic mass is 10.0. The van der Waals surface area contributed by atoms with Gasteiger partial charge in [0.15, 0.2) is 17.7 Å². The number of carbonyl (C=O) groups is 2. The molecule has 1 atom stereocenters. The van der Waals surface area contributed by atoms with Crippen molar-refractivity contribution >= 4 is 12.1 Å². The van der Waals surface area contributed by atoms with Crippen molar-refractivity contribution in [2.24, 2.45) is 0 Å². The molecule has 1 aromatic rings. The van der Waals surface area contributed by atoms with Crippen LogP contribution in [-0.4, -0.2) is 34.7 Å². The molecule has 122 valence electrons. The van der Waals surface area contributed by atoms with Crippen LogP contribution in [0.3, 0.4) is 0 Å². The van der Waals surface area contributed by atoms with Crippen molar-refractivity contribution < 1.29 is 32.6 Å². The highest BCUT2D eigenvalue weighted by molar-refractivity contribution is 5.81. The van der Waals surface area contributed by atoms with Crippen molar-refractivity contribution in [1.82, 2.24) is 4.90 Å². The molecular formula is C14H16F3NO4. The number of nitrogens with zero attached hydrogens (tertiary/aromatic N) is 1. The Bertz CT molecular complexity index is 598. The van der Waals surface area contributed by atoms with E-state index in [9.17, 15) is 27.9 Å². The summed E-state index contributed by atoms with van der Waals surface area (Å²) in [6.45, 7) is 4.69. The van der Waals surface area contributed by atoms with Gasteiger partial charge in [0.25, 0.3) is 0 Å². The second-order valence-electron chi connectivity index (χ2n) is 5.62. The van der Waals surface area contributed by atoms with E-state index in [1.165, 1.54) is 0 Å². The third kappa shape index (κ3) is 4.12. The first kappa shape index (κ1) is 17.8. The molecule has 0 saturated carbocycles. The minimum absolute atomic E-state index is 0.226. The summed E-state index contributed by atoms with van der Waals surface area (Å²) in [6.07, 6.45) is -1.04. The number of halogens is 3. The summed E-state index contributed by atoms with van der Waals surface area (Å²) in [5.74, 6) is -5.76. The van der Waals surface area contributed by atoms with Gasteiger partial charge in [0.1, 0.15) is 11.4 Å². The van der Waals surface area contributed by atoms with Crippen LogP contribution in [0.1, 0.15) is 32.4 Å². The number of ether oxygens (including phenoxy) is 1. The normalized spacial score (nSPS) is 12.7. The first-order valence-corrected chi connectivity index (χ1v) is 6.27. The minimum atomic E-state index is -1.86. The van der Waals surface area contributed by atoms with Crippen molar-refractivity contribution in [3.05, 3.63) is 35.1 Å². The summed E-state index contributed by atoms with van der Waals surface area (Å²) in [6, 6.07) is -1.22. The molecule has 22 heavy (non-hydrogen) atoms. The molecule has 0 heterocycles. The highest BCUT2D eigenvalue weighted by Crippen LogP contribution is 2.26. The molecule has 0 aliphatic carbocycles. The average molecular weight is 319 g/mol. The molecule has 5 nitrogen and oxygen atoms in total. The lowest BCUT2D eigenvalue weighted by Gasteiger charge is -2.28. The van der Waals surface area contributed by atoms with Gasteiger partial charge in [0, 0.05) is 18.7 Å². The van der Waals surface area contributed by atoms with E-state index in [0.717, 1.165) is 7.05 Å². The Balaban J connectivity index is 3.22. The quantitative estimate of drug-likeness (QED) is 0.869. The molecule has 0 bridgehead atoms. The lowest BCUT2D eigenvalue weighted by Crippen LogP contribution is -2.40. The molecule has 0 aromatic heterocycles. The van der Waals surface area contributed by atoms with E-state index >= 15 is 0 Å². The van der Waals surface area contributed by atoms with E-state index in [4.69, 9.17) is 4.74 Å². The molecular weight excluding hydrogens is 303 g/mol. The van der Waals surface area contributed by atoms with E-state index < -0.39 is 46.7 Å². The number of benzene rings is 1. The second kappa shape index (κ2) is 6.25. The number of rotatable bonds is 3. The Labute approximate surface area is 125 Å². The van der Waals surface area contributed by atoms with Gasteiger partial charge in [-0.15, -0.1) is 0 Å². The third-order valence-electron chi connectivity index (χ3n) is 2.64. The van der Waals surface area contributed by atoms with Crippen LogP contribution in [0.5, 0.6) is 0 Å².